The highest BCUT2D eigenvalue weighted by Crippen LogP contribution is 2.21. The van der Waals surface area contributed by atoms with Crippen LogP contribution in [-0.2, 0) is 0 Å². The molecule has 5 heteroatoms. The quantitative estimate of drug-likeness (QED) is 0.888. The smallest absolute Gasteiger partial charge is 0.104 e. The van der Waals surface area contributed by atoms with Gasteiger partial charge in [-0.25, -0.2) is 0 Å². The van der Waals surface area contributed by atoms with Crippen LogP contribution >= 0.6 is 0 Å². The number of rotatable bonds is 3. The van der Waals surface area contributed by atoms with Crippen LogP contribution in [-0.4, -0.2) is 54.7 Å². The molecule has 1 fully saturated rings. The number of hydrogen-bond donors (Lipinski definition) is 1. The van der Waals surface area contributed by atoms with Crippen LogP contribution in [0.5, 0.6) is 0 Å². The Morgan fingerprint density at radius 1 is 1.10 bits per heavy atom. The summed E-state index contributed by atoms with van der Waals surface area (Å²) in [7, 11) is 2.18. The summed E-state index contributed by atoms with van der Waals surface area (Å²) in [5.74, 6) is 0. The molecule has 1 aromatic carbocycles. The summed E-state index contributed by atoms with van der Waals surface area (Å²) in [5.41, 5.74) is 5.46. The van der Waals surface area contributed by atoms with Crippen LogP contribution in [0.3, 0.4) is 0 Å². The Morgan fingerprint density at radius 3 is 2.50 bits per heavy atom. The van der Waals surface area contributed by atoms with Crippen molar-refractivity contribution < 1.29 is 0 Å². The number of nitrogens with one attached hydrogen (secondary N) is 1. The minimum atomic E-state index is 0.897. The van der Waals surface area contributed by atoms with Gasteiger partial charge in [-0.15, -0.1) is 0 Å². The third-order valence-corrected chi connectivity index (χ3v) is 3.90. The van der Waals surface area contributed by atoms with Crippen molar-refractivity contribution in [2.45, 2.75) is 6.92 Å². The summed E-state index contributed by atoms with van der Waals surface area (Å²) in [5, 5.41) is 4.30. The maximum absolute atomic E-state index is 3.21. The highest BCUT2D eigenvalue weighted by molar-refractivity contribution is 5.45. The van der Waals surface area contributed by atoms with Gasteiger partial charge >= 0.3 is 0 Å². The van der Waals surface area contributed by atoms with Crippen molar-refractivity contribution >= 4 is 5.69 Å². The van der Waals surface area contributed by atoms with Gasteiger partial charge in [0.2, 0.25) is 0 Å². The normalized spacial score (nSPS) is 21.0. The summed E-state index contributed by atoms with van der Waals surface area (Å²) in [4.78, 5) is 4.86. The van der Waals surface area contributed by atoms with Gasteiger partial charge in [0.1, 0.15) is 6.20 Å². The van der Waals surface area contributed by atoms with Gasteiger partial charge in [-0.1, -0.05) is 18.2 Å². The Morgan fingerprint density at radius 2 is 1.80 bits per heavy atom. The first-order chi connectivity index (χ1) is 9.74. The topological polar surface area (TPSA) is 25.0 Å². The molecule has 0 saturated carbocycles. The first kappa shape index (κ1) is 13.3. The van der Waals surface area contributed by atoms with Gasteiger partial charge in [0.15, 0.2) is 0 Å². The number of piperazine rings is 1. The van der Waals surface area contributed by atoms with Gasteiger partial charge in [0.25, 0.3) is 0 Å². The second kappa shape index (κ2) is 5.73. The standard InChI is InChI=1S/C15H22N5/c1-14-12-16-20(15-6-4-3-5-7-15)19(14)13-18-10-8-17(2)9-11-18/h3-7,16H,8-11,13H2,1-2H3. The molecule has 20 heavy (non-hydrogen) atoms. The van der Waals surface area contributed by atoms with E-state index in [1.165, 1.54) is 0 Å². The Hall–Kier alpha value is -1.72. The van der Waals surface area contributed by atoms with E-state index >= 15 is 0 Å². The number of hydrogen-bond acceptors (Lipinski definition) is 5. The van der Waals surface area contributed by atoms with Crippen molar-refractivity contribution in [3.63, 3.8) is 0 Å². The van der Waals surface area contributed by atoms with Crippen LogP contribution in [0.1, 0.15) is 6.92 Å². The Kier molecular flexibility index (Phi) is 3.80. The second-order valence-electron chi connectivity index (χ2n) is 5.43. The molecule has 5 nitrogen and oxygen atoms in total. The molecule has 2 aliphatic heterocycles. The van der Waals surface area contributed by atoms with Crippen molar-refractivity contribution in [3.05, 3.63) is 42.2 Å². The molecule has 1 radical (unpaired) electrons. The lowest BCUT2D eigenvalue weighted by atomic mass is 10.3. The van der Waals surface area contributed by atoms with Crippen molar-refractivity contribution in [2.75, 3.05) is 45.0 Å². The van der Waals surface area contributed by atoms with Crippen molar-refractivity contribution in [2.24, 2.45) is 0 Å². The SMILES string of the molecule is CC1=[C]NN(c2ccccc2)N1CN1CCN(C)CC1. The first-order valence-electron chi connectivity index (χ1n) is 7.13. The van der Waals surface area contributed by atoms with E-state index in [0.29, 0.717) is 0 Å². The van der Waals surface area contributed by atoms with Crippen molar-refractivity contribution in [3.8, 4) is 0 Å². The lowest BCUT2D eigenvalue weighted by Gasteiger charge is -2.39. The summed E-state index contributed by atoms with van der Waals surface area (Å²) >= 11 is 0. The van der Waals surface area contributed by atoms with Crippen LogP contribution in [0.25, 0.3) is 0 Å². The lowest BCUT2D eigenvalue weighted by Crippen LogP contribution is -2.53. The number of likely N-dealkylation sites (N-methyl/N-ethyl adjacent to an activating group) is 1. The molecule has 0 spiro atoms. The van der Waals surface area contributed by atoms with E-state index in [9.17, 15) is 0 Å². The highest BCUT2D eigenvalue weighted by Gasteiger charge is 2.25. The first-order valence-corrected chi connectivity index (χ1v) is 7.13. The second-order valence-corrected chi connectivity index (χ2v) is 5.43. The van der Waals surface area contributed by atoms with Gasteiger partial charge in [0, 0.05) is 26.2 Å². The summed E-state index contributed by atoms with van der Waals surface area (Å²) in [6.07, 6.45) is 3.20. The third-order valence-electron chi connectivity index (χ3n) is 3.90. The fraction of sp³-hybridized carbons (Fsp3) is 0.467. The van der Waals surface area contributed by atoms with Gasteiger partial charge < -0.3 is 4.90 Å². The van der Waals surface area contributed by atoms with Crippen LogP contribution in [0.15, 0.2) is 36.0 Å². The molecular weight excluding hydrogens is 250 g/mol. The Labute approximate surface area is 121 Å². The van der Waals surface area contributed by atoms with E-state index in [1.807, 2.05) is 6.07 Å². The largest absolute Gasteiger partial charge is 0.304 e. The molecule has 1 aromatic rings. The number of hydrazine groups is 2. The number of para-hydroxylation sites is 1. The van der Waals surface area contributed by atoms with Crippen molar-refractivity contribution in [1.29, 1.82) is 0 Å². The van der Waals surface area contributed by atoms with Gasteiger partial charge in [0.05, 0.1) is 18.1 Å². The molecule has 0 atom stereocenters. The van der Waals surface area contributed by atoms with Crippen LogP contribution in [0.2, 0.25) is 0 Å². The third kappa shape index (κ3) is 2.73. The number of anilines is 1. The zero-order valence-electron chi connectivity index (χ0n) is 12.2. The molecule has 2 heterocycles. The fourth-order valence-electron chi connectivity index (χ4n) is 2.53. The van der Waals surface area contributed by atoms with Crippen LogP contribution < -0.4 is 10.5 Å². The minimum absolute atomic E-state index is 0.897. The molecule has 0 unspecified atom stereocenters. The average molecular weight is 272 g/mol. The minimum Gasteiger partial charge on any atom is -0.304 e. The highest BCUT2D eigenvalue weighted by atomic mass is 15.8. The predicted molar refractivity (Wildman–Crippen MR) is 80.3 cm³/mol. The zero-order valence-corrected chi connectivity index (χ0v) is 12.2. The van der Waals surface area contributed by atoms with E-state index in [-0.39, 0.29) is 0 Å². The van der Waals surface area contributed by atoms with E-state index in [1.54, 1.807) is 0 Å². The molecule has 107 valence electrons. The number of allylic oxidation sites excluding steroid dienone is 1. The maximum Gasteiger partial charge on any atom is 0.104 e. The monoisotopic (exact) mass is 272 g/mol. The summed E-state index contributed by atoms with van der Waals surface area (Å²) in [6, 6.07) is 10.3. The molecule has 0 bridgehead atoms. The maximum atomic E-state index is 3.21. The Bertz CT molecular complexity index is 464. The number of benzene rings is 1. The molecule has 0 aliphatic carbocycles. The number of nitrogens with zero attached hydrogens (tertiary/aromatic N) is 4. The molecular formula is C15H22N5. The van der Waals surface area contributed by atoms with Crippen molar-refractivity contribution in [1.82, 2.24) is 20.2 Å². The van der Waals surface area contributed by atoms with Crippen LogP contribution in [0.4, 0.5) is 5.69 Å². The molecule has 0 aromatic heterocycles. The molecule has 0 amide bonds. The lowest BCUT2D eigenvalue weighted by molar-refractivity contribution is 0.0962. The fourth-order valence-corrected chi connectivity index (χ4v) is 2.53. The zero-order chi connectivity index (χ0) is 13.9. The molecule has 2 aliphatic rings. The van der Waals surface area contributed by atoms with Gasteiger partial charge in [-0.3, -0.25) is 15.3 Å². The van der Waals surface area contributed by atoms with E-state index in [2.05, 4.69) is 69.8 Å². The molecule has 1 saturated heterocycles. The van der Waals surface area contributed by atoms with E-state index < -0.39 is 0 Å². The summed E-state index contributed by atoms with van der Waals surface area (Å²) < 4.78 is 0. The average Bonchev–Trinajstić information content (AvgIpc) is 2.84. The predicted octanol–water partition coefficient (Wildman–Crippen LogP) is 1.10. The van der Waals surface area contributed by atoms with Gasteiger partial charge in [-0.2, -0.15) is 5.12 Å². The van der Waals surface area contributed by atoms with Crippen LogP contribution in [0, 0.1) is 6.20 Å². The summed E-state index contributed by atoms with van der Waals surface area (Å²) in [6.45, 7) is 7.49. The van der Waals surface area contributed by atoms with E-state index in [0.717, 1.165) is 44.2 Å². The molecule has 1 N–H and O–H groups in total. The Balaban J connectivity index is 1.68. The van der Waals surface area contributed by atoms with Gasteiger partial charge in [-0.05, 0) is 26.1 Å². The molecule has 3 rings (SSSR count). The van der Waals surface area contributed by atoms with E-state index in [4.69, 9.17) is 0 Å².